The van der Waals surface area contributed by atoms with E-state index in [0.717, 1.165) is 16.5 Å². The Morgan fingerprint density at radius 2 is 1.96 bits per heavy atom. The van der Waals surface area contributed by atoms with Crippen LogP contribution in [0.15, 0.2) is 47.7 Å². The maximum Gasteiger partial charge on any atom is 0.336 e. The van der Waals surface area contributed by atoms with Gasteiger partial charge in [-0.05, 0) is 18.6 Å². The fourth-order valence-electron chi connectivity index (χ4n) is 3.75. The molecule has 2 aliphatic rings. The van der Waals surface area contributed by atoms with Gasteiger partial charge < -0.3 is 14.0 Å². The van der Waals surface area contributed by atoms with Gasteiger partial charge in [0, 0.05) is 40.6 Å². The third-order valence-corrected chi connectivity index (χ3v) is 5.12. The van der Waals surface area contributed by atoms with E-state index in [2.05, 4.69) is 0 Å². The number of carbonyl (C=O) groups is 2. The summed E-state index contributed by atoms with van der Waals surface area (Å²) in [5, 5.41) is 1.07. The summed E-state index contributed by atoms with van der Waals surface area (Å²) in [4.78, 5) is 24.5. The van der Waals surface area contributed by atoms with Crippen molar-refractivity contribution in [2.75, 3.05) is 0 Å². The summed E-state index contributed by atoms with van der Waals surface area (Å²) in [6.45, 7) is 5.70. The second-order valence-electron chi connectivity index (χ2n) is 7.04. The lowest BCUT2D eigenvalue weighted by Crippen LogP contribution is -2.19. The first-order valence-corrected chi connectivity index (χ1v) is 8.20. The van der Waals surface area contributed by atoms with Crippen molar-refractivity contribution in [2.24, 2.45) is 7.05 Å². The van der Waals surface area contributed by atoms with Crippen molar-refractivity contribution in [3.8, 4) is 0 Å². The van der Waals surface area contributed by atoms with E-state index in [9.17, 15) is 9.59 Å². The Hall–Kier alpha value is -2.82. The quantitative estimate of drug-likeness (QED) is 0.479. The van der Waals surface area contributed by atoms with Crippen molar-refractivity contribution in [3.63, 3.8) is 0 Å². The third kappa shape index (κ3) is 2.08. The highest BCUT2D eigenvalue weighted by Crippen LogP contribution is 2.47. The number of Topliss-reactive ketones (excluding diaryl/α,β-unsaturated/α-hetero) is 1. The van der Waals surface area contributed by atoms with E-state index in [0.29, 0.717) is 16.8 Å². The molecule has 2 aromatic rings. The minimum absolute atomic E-state index is 0.0521. The zero-order valence-electron chi connectivity index (χ0n) is 14.6. The number of aromatic nitrogens is 1. The number of cyclic esters (lactones) is 1. The van der Waals surface area contributed by atoms with Crippen LogP contribution in [-0.4, -0.2) is 22.6 Å². The van der Waals surface area contributed by atoms with Gasteiger partial charge in [-0.3, -0.25) is 4.79 Å². The molecule has 0 amide bonds. The maximum absolute atomic E-state index is 13.0. The number of hydrogen-bond acceptors (Lipinski definition) is 4. The molecular formula is C20H19NO4. The highest BCUT2D eigenvalue weighted by molar-refractivity contribution is 6.18. The summed E-state index contributed by atoms with van der Waals surface area (Å²) in [7, 11) is 1.91. The van der Waals surface area contributed by atoms with Crippen molar-refractivity contribution >= 4 is 22.7 Å². The summed E-state index contributed by atoms with van der Waals surface area (Å²) in [6.07, 6.45) is 2.28. The lowest BCUT2D eigenvalue weighted by molar-refractivity contribution is -0.152. The van der Waals surface area contributed by atoms with Gasteiger partial charge in [-0.25, -0.2) is 4.79 Å². The van der Waals surface area contributed by atoms with Gasteiger partial charge in [0.25, 0.3) is 6.29 Å². The van der Waals surface area contributed by atoms with Gasteiger partial charge >= 0.3 is 5.97 Å². The number of hydrogen-bond donors (Lipinski definition) is 0. The summed E-state index contributed by atoms with van der Waals surface area (Å²) in [5.41, 5.74) is 3.32. The van der Waals surface area contributed by atoms with Crippen LogP contribution >= 0.6 is 0 Å². The van der Waals surface area contributed by atoms with Crippen LogP contribution in [0.25, 0.3) is 10.9 Å². The van der Waals surface area contributed by atoms with E-state index in [4.69, 9.17) is 9.47 Å². The van der Waals surface area contributed by atoms with Gasteiger partial charge in [0.05, 0.1) is 12.0 Å². The van der Waals surface area contributed by atoms with Gasteiger partial charge in [0.1, 0.15) is 0 Å². The molecule has 1 aliphatic heterocycles. The molecule has 5 nitrogen and oxygen atoms in total. The Kier molecular flexibility index (Phi) is 3.19. The first-order chi connectivity index (χ1) is 11.8. The Bertz CT molecular complexity index is 991. The van der Waals surface area contributed by atoms with E-state index in [1.165, 1.54) is 6.26 Å². The Morgan fingerprint density at radius 1 is 1.24 bits per heavy atom. The number of ketones is 1. The average Bonchev–Trinajstić information content (AvgIpc) is 3.11. The van der Waals surface area contributed by atoms with Gasteiger partial charge in [0.2, 0.25) is 5.78 Å². The normalized spacial score (nSPS) is 23.1. The van der Waals surface area contributed by atoms with Crippen molar-refractivity contribution in [2.45, 2.75) is 32.5 Å². The number of aryl methyl sites for hydroxylation is 1. The van der Waals surface area contributed by atoms with Crippen LogP contribution < -0.4 is 0 Å². The fraction of sp³-hybridized carbons (Fsp3) is 0.300. The first kappa shape index (κ1) is 15.7. The minimum Gasteiger partial charge on any atom is -0.458 e. The molecule has 0 saturated carbocycles. The van der Waals surface area contributed by atoms with Gasteiger partial charge in [0.15, 0.2) is 0 Å². The molecule has 0 saturated heterocycles. The molecule has 1 aromatic carbocycles. The molecule has 1 aliphatic carbocycles. The monoisotopic (exact) mass is 337 g/mol. The molecule has 1 atom stereocenters. The largest absolute Gasteiger partial charge is 0.458 e. The molecule has 0 N–H and O–H groups in total. The van der Waals surface area contributed by atoms with Gasteiger partial charge in [-0.15, -0.1) is 0 Å². The molecule has 1 unspecified atom stereocenters. The minimum atomic E-state index is -0.774. The topological polar surface area (TPSA) is 57.5 Å². The van der Waals surface area contributed by atoms with Crippen LogP contribution in [0.3, 0.4) is 0 Å². The molecule has 0 fully saturated rings. The summed E-state index contributed by atoms with van der Waals surface area (Å²) in [5.74, 6) is -0.446. The number of benzene rings is 1. The summed E-state index contributed by atoms with van der Waals surface area (Å²) >= 11 is 0. The summed E-state index contributed by atoms with van der Waals surface area (Å²) < 4.78 is 12.6. The highest BCUT2D eigenvalue weighted by Gasteiger charge is 2.45. The number of allylic oxidation sites excluding steroid dienone is 1. The number of rotatable bonds is 2. The second kappa shape index (κ2) is 5.09. The van der Waals surface area contributed by atoms with Crippen LogP contribution in [0.5, 0.6) is 0 Å². The van der Waals surface area contributed by atoms with E-state index in [-0.39, 0.29) is 5.78 Å². The summed E-state index contributed by atoms with van der Waals surface area (Å²) in [6, 6.07) is 8.01. The molecule has 2 heterocycles. The first-order valence-electron chi connectivity index (χ1n) is 8.20. The lowest BCUT2D eigenvalue weighted by atomic mass is 9.82. The number of ether oxygens (including phenoxy) is 2. The van der Waals surface area contributed by atoms with E-state index >= 15 is 0 Å². The van der Waals surface area contributed by atoms with Gasteiger partial charge in [-0.1, -0.05) is 32.0 Å². The smallest absolute Gasteiger partial charge is 0.336 e. The maximum atomic E-state index is 13.0. The van der Waals surface area contributed by atoms with Crippen molar-refractivity contribution in [1.82, 2.24) is 4.57 Å². The van der Waals surface area contributed by atoms with Crippen LogP contribution in [0, 0.1) is 0 Å². The molecule has 0 spiro atoms. The van der Waals surface area contributed by atoms with Crippen LogP contribution in [0.1, 0.15) is 36.8 Å². The molecule has 25 heavy (non-hydrogen) atoms. The van der Waals surface area contributed by atoms with Crippen molar-refractivity contribution in [3.05, 3.63) is 59.0 Å². The van der Waals surface area contributed by atoms with Crippen LogP contribution in [-0.2, 0) is 26.7 Å². The number of nitrogens with zero attached hydrogens (tertiary/aromatic N) is 1. The molecular weight excluding hydrogens is 318 g/mol. The van der Waals surface area contributed by atoms with Crippen molar-refractivity contribution in [1.29, 1.82) is 0 Å². The predicted octanol–water partition coefficient (Wildman–Crippen LogP) is 3.38. The SMILES string of the molecule is CC1=CC(O/C=C2/C(=O)c3c(c4ccccc4n3C)C2(C)C)OC1=O. The number of carbonyl (C=O) groups excluding carboxylic acids is 2. The Labute approximate surface area is 145 Å². The highest BCUT2D eigenvalue weighted by atomic mass is 16.7. The number of para-hydroxylation sites is 1. The van der Waals surface area contributed by atoms with Crippen molar-refractivity contribution < 1.29 is 19.1 Å². The van der Waals surface area contributed by atoms with Crippen LogP contribution in [0.2, 0.25) is 0 Å². The van der Waals surface area contributed by atoms with E-state index in [1.807, 2.05) is 49.7 Å². The molecule has 0 radical (unpaired) electrons. The molecule has 1 aromatic heterocycles. The Balaban J connectivity index is 1.77. The van der Waals surface area contributed by atoms with E-state index in [1.54, 1.807) is 13.0 Å². The van der Waals surface area contributed by atoms with Gasteiger partial charge in [-0.2, -0.15) is 0 Å². The average molecular weight is 337 g/mol. The third-order valence-electron chi connectivity index (χ3n) is 5.12. The zero-order valence-corrected chi connectivity index (χ0v) is 14.6. The molecule has 0 bridgehead atoms. The number of fused-ring (bicyclic) bond motifs is 3. The fourth-order valence-corrected chi connectivity index (χ4v) is 3.75. The second-order valence-corrected chi connectivity index (χ2v) is 7.04. The predicted molar refractivity (Wildman–Crippen MR) is 93.1 cm³/mol. The van der Waals surface area contributed by atoms with Crippen LogP contribution in [0.4, 0.5) is 0 Å². The number of esters is 1. The Morgan fingerprint density at radius 3 is 2.64 bits per heavy atom. The molecule has 4 rings (SSSR count). The lowest BCUT2D eigenvalue weighted by Gasteiger charge is -2.21. The van der Waals surface area contributed by atoms with E-state index < -0.39 is 17.7 Å². The standard InChI is InChI=1S/C20H19NO4/c1-11-9-15(25-19(11)23)24-10-13-18(22)17-16(20(13,2)3)12-7-5-6-8-14(12)21(17)4/h5-10,15H,1-4H3/b13-10-. The molecule has 5 heteroatoms. The molecule has 128 valence electrons. The zero-order chi connectivity index (χ0) is 17.9.